The number of ether oxygens (including phenoxy) is 1. The summed E-state index contributed by atoms with van der Waals surface area (Å²) in [4.78, 5) is 25.2. The van der Waals surface area contributed by atoms with Crippen LogP contribution in [0.3, 0.4) is 0 Å². The standard InChI is InChI=1S/C18H26N4O2S2/c1-5-22(6-2)14(23)9-25-18-20-16(19)15-11-7-12(10(3)4)24-8-13(11)26-17(15)21-18/h10,12H,5-9H2,1-4H3,(H2,19,20,21). The number of nitrogens with two attached hydrogens (primary N) is 1. The zero-order valence-electron chi connectivity index (χ0n) is 15.7. The van der Waals surface area contributed by atoms with Gasteiger partial charge in [0.15, 0.2) is 5.16 Å². The second-order valence-corrected chi connectivity index (χ2v) is 8.75. The van der Waals surface area contributed by atoms with E-state index in [2.05, 4.69) is 23.8 Å². The third kappa shape index (κ3) is 3.82. The Hall–Kier alpha value is -1.38. The number of nitrogens with zero attached hydrogens (tertiary/aromatic N) is 3. The van der Waals surface area contributed by atoms with Gasteiger partial charge in [0.2, 0.25) is 5.91 Å². The van der Waals surface area contributed by atoms with Crippen LogP contribution < -0.4 is 5.73 Å². The van der Waals surface area contributed by atoms with Crippen LogP contribution in [0.5, 0.6) is 0 Å². The highest BCUT2D eigenvalue weighted by Gasteiger charge is 2.27. The average Bonchev–Trinajstić information content (AvgIpc) is 2.98. The first kappa shape index (κ1) is 19.4. The molecular weight excluding hydrogens is 368 g/mol. The zero-order valence-corrected chi connectivity index (χ0v) is 17.4. The Balaban J connectivity index is 1.82. The minimum absolute atomic E-state index is 0.0981. The van der Waals surface area contributed by atoms with Crippen molar-refractivity contribution in [2.24, 2.45) is 5.92 Å². The molecule has 3 heterocycles. The lowest BCUT2D eigenvalue weighted by Crippen LogP contribution is -2.31. The number of hydrogen-bond donors (Lipinski definition) is 1. The third-order valence-corrected chi connectivity index (χ3v) is 6.69. The van der Waals surface area contributed by atoms with Crippen LogP contribution in [0.25, 0.3) is 10.2 Å². The molecule has 142 valence electrons. The molecule has 1 aliphatic heterocycles. The largest absolute Gasteiger partial charge is 0.383 e. The normalized spacial score (nSPS) is 16.9. The summed E-state index contributed by atoms with van der Waals surface area (Å²) in [6.07, 6.45) is 1.06. The number of carbonyl (C=O) groups is 1. The van der Waals surface area contributed by atoms with Gasteiger partial charge in [0, 0.05) is 24.4 Å². The van der Waals surface area contributed by atoms with Gasteiger partial charge in [-0.3, -0.25) is 4.79 Å². The van der Waals surface area contributed by atoms with E-state index in [-0.39, 0.29) is 12.0 Å². The number of amides is 1. The first-order valence-corrected chi connectivity index (χ1v) is 10.8. The van der Waals surface area contributed by atoms with Crippen molar-refractivity contribution < 1.29 is 9.53 Å². The minimum atomic E-state index is 0.0981. The smallest absolute Gasteiger partial charge is 0.233 e. The fraction of sp³-hybridized carbons (Fsp3) is 0.611. The molecule has 1 unspecified atom stereocenters. The second-order valence-electron chi connectivity index (χ2n) is 6.73. The van der Waals surface area contributed by atoms with Crippen molar-refractivity contribution in [3.05, 3.63) is 10.4 Å². The minimum Gasteiger partial charge on any atom is -0.383 e. The van der Waals surface area contributed by atoms with Gasteiger partial charge in [-0.1, -0.05) is 25.6 Å². The Kier molecular flexibility index (Phi) is 6.04. The molecule has 0 bridgehead atoms. The van der Waals surface area contributed by atoms with E-state index in [0.717, 1.165) is 16.6 Å². The van der Waals surface area contributed by atoms with Crippen LogP contribution in [0.15, 0.2) is 5.16 Å². The molecular formula is C18H26N4O2S2. The molecule has 3 rings (SSSR count). The number of nitrogen functional groups attached to an aromatic ring is 1. The molecule has 0 fully saturated rings. The molecule has 0 saturated heterocycles. The quantitative estimate of drug-likeness (QED) is 0.598. The van der Waals surface area contributed by atoms with E-state index in [4.69, 9.17) is 10.5 Å². The van der Waals surface area contributed by atoms with Gasteiger partial charge in [-0.2, -0.15) is 0 Å². The highest BCUT2D eigenvalue weighted by atomic mass is 32.2. The maximum atomic E-state index is 12.2. The maximum Gasteiger partial charge on any atom is 0.233 e. The van der Waals surface area contributed by atoms with Gasteiger partial charge in [0.1, 0.15) is 10.6 Å². The van der Waals surface area contributed by atoms with Crippen molar-refractivity contribution in [3.63, 3.8) is 0 Å². The van der Waals surface area contributed by atoms with E-state index in [1.807, 2.05) is 18.7 Å². The monoisotopic (exact) mass is 394 g/mol. The van der Waals surface area contributed by atoms with Crippen molar-refractivity contribution in [1.82, 2.24) is 14.9 Å². The van der Waals surface area contributed by atoms with E-state index in [9.17, 15) is 4.79 Å². The SMILES string of the molecule is CCN(CC)C(=O)CSc1nc(N)c2c3c(sc2n1)COC(C(C)C)C3. The molecule has 1 amide bonds. The summed E-state index contributed by atoms with van der Waals surface area (Å²) in [7, 11) is 0. The topological polar surface area (TPSA) is 81.3 Å². The molecule has 2 aromatic heterocycles. The Morgan fingerprint density at radius 2 is 2.12 bits per heavy atom. The lowest BCUT2D eigenvalue weighted by atomic mass is 9.96. The van der Waals surface area contributed by atoms with E-state index in [1.54, 1.807) is 11.3 Å². The molecule has 6 nitrogen and oxygen atoms in total. The molecule has 26 heavy (non-hydrogen) atoms. The summed E-state index contributed by atoms with van der Waals surface area (Å²) >= 11 is 2.98. The van der Waals surface area contributed by atoms with Crippen LogP contribution in [-0.4, -0.2) is 45.7 Å². The second kappa shape index (κ2) is 8.10. The number of hydrogen-bond acceptors (Lipinski definition) is 7. The molecule has 2 aromatic rings. The summed E-state index contributed by atoms with van der Waals surface area (Å²) < 4.78 is 5.96. The van der Waals surface area contributed by atoms with Crippen molar-refractivity contribution in [2.45, 2.75) is 52.0 Å². The molecule has 0 spiro atoms. The number of rotatable bonds is 6. The summed E-state index contributed by atoms with van der Waals surface area (Å²) in [6, 6.07) is 0. The van der Waals surface area contributed by atoms with E-state index < -0.39 is 0 Å². The van der Waals surface area contributed by atoms with Gasteiger partial charge in [0.05, 0.1) is 23.8 Å². The summed E-state index contributed by atoms with van der Waals surface area (Å²) in [5.41, 5.74) is 7.51. The van der Waals surface area contributed by atoms with Gasteiger partial charge in [0.25, 0.3) is 0 Å². The highest BCUT2D eigenvalue weighted by molar-refractivity contribution is 7.99. The highest BCUT2D eigenvalue weighted by Crippen LogP contribution is 2.39. The molecule has 1 aliphatic rings. The molecule has 2 N–H and O–H groups in total. The molecule has 0 radical (unpaired) electrons. The van der Waals surface area contributed by atoms with E-state index in [1.165, 1.54) is 22.2 Å². The van der Waals surface area contributed by atoms with E-state index in [0.29, 0.717) is 42.3 Å². The van der Waals surface area contributed by atoms with Crippen molar-refractivity contribution in [1.29, 1.82) is 0 Å². The lowest BCUT2D eigenvalue weighted by Gasteiger charge is -2.26. The number of thioether (sulfide) groups is 1. The predicted molar refractivity (Wildman–Crippen MR) is 108 cm³/mol. The first-order chi connectivity index (χ1) is 12.4. The molecule has 0 aromatic carbocycles. The zero-order chi connectivity index (χ0) is 18.8. The Labute approximate surface area is 162 Å². The Bertz CT molecular complexity index is 802. The van der Waals surface area contributed by atoms with Gasteiger partial charge >= 0.3 is 0 Å². The number of anilines is 1. The summed E-state index contributed by atoms with van der Waals surface area (Å²) in [6.45, 7) is 10.3. The molecule has 0 aliphatic carbocycles. The fourth-order valence-electron chi connectivity index (χ4n) is 3.17. The molecule has 0 saturated carbocycles. The fourth-order valence-corrected chi connectivity index (χ4v) is 5.12. The van der Waals surface area contributed by atoms with Crippen molar-refractivity contribution >= 4 is 45.0 Å². The van der Waals surface area contributed by atoms with Crippen molar-refractivity contribution in [3.8, 4) is 0 Å². The summed E-state index contributed by atoms with van der Waals surface area (Å²) in [5, 5.41) is 1.54. The average molecular weight is 395 g/mol. The maximum absolute atomic E-state index is 12.2. The van der Waals surface area contributed by atoms with E-state index >= 15 is 0 Å². The summed E-state index contributed by atoms with van der Waals surface area (Å²) in [5.74, 6) is 1.40. The Morgan fingerprint density at radius 1 is 1.38 bits per heavy atom. The Morgan fingerprint density at radius 3 is 2.77 bits per heavy atom. The number of aromatic nitrogens is 2. The van der Waals surface area contributed by atoms with Gasteiger partial charge in [-0.05, 0) is 25.3 Å². The van der Waals surface area contributed by atoms with Crippen LogP contribution in [0.2, 0.25) is 0 Å². The van der Waals surface area contributed by atoms with Crippen LogP contribution in [0, 0.1) is 5.92 Å². The van der Waals surface area contributed by atoms with Crippen molar-refractivity contribution in [2.75, 3.05) is 24.6 Å². The molecule has 8 heteroatoms. The van der Waals surface area contributed by atoms with Crippen LogP contribution in [-0.2, 0) is 22.6 Å². The number of thiophene rings is 1. The number of fused-ring (bicyclic) bond motifs is 3. The van der Waals surface area contributed by atoms with Crippen LogP contribution >= 0.6 is 23.1 Å². The first-order valence-electron chi connectivity index (χ1n) is 9.04. The van der Waals surface area contributed by atoms with Gasteiger partial charge in [-0.15, -0.1) is 11.3 Å². The predicted octanol–water partition coefficient (Wildman–Crippen LogP) is 3.33. The van der Waals surface area contributed by atoms with Crippen LogP contribution in [0.4, 0.5) is 5.82 Å². The van der Waals surface area contributed by atoms with Gasteiger partial charge < -0.3 is 15.4 Å². The number of carbonyl (C=O) groups excluding carboxylic acids is 1. The molecule has 1 atom stereocenters. The van der Waals surface area contributed by atoms with Gasteiger partial charge in [-0.25, -0.2) is 9.97 Å². The lowest BCUT2D eigenvalue weighted by molar-refractivity contribution is -0.127. The third-order valence-electron chi connectivity index (χ3n) is 4.76. The van der Waals surface area contributed by atoms with Crippen LogP contribution in [0.1, 0.15) is 38.1 Å².